The number of rotatable bonds is 7. The van der Waals surface area contributed by atoms with E-state index >= 15 is 0 Å². The van der Waals surface area contributed by atoms with Crippen LogP contribution in [0.4, 0.5) is 0 Å². The molecule has 0 spiro atoms. The summed E-state index contributed by atoms with van der Waals surface area (Å²) >= 11 is 0. The van der Waals surface area contributed by atoms with E-state index in [9.17, 15) is 9.90 Å². The van der Waals surface area contributed by atoms with Crippen LogP contribution in [0, 0.1) is 0 Å². The summed E-state index contributed by atoms with van der Waals surface area (Å²) in [4.78, 5) is 15.7. The predicted octanol–water partition coefficient (Wildman–Crippen LogP) is 3.26. The predicted molar refractivity (Wildman–Crippen MR) is 118 cm³/mol. The lowest BCUT2D eigenvalue weighted by Gasteiger charge is -2.43. The Morgan fingerprint density at radius 2 is 1.90 bits per heavy atom. The zero-order valence-corrected chi connectivity index (χ0v) is 18.9. The molecule has 3 atom stereocenters. The van der Waals surface area contributed by atoms with Crippen molar-refractivity contribution < 1.29 is 19.7 Å². The molecule has 0 aromatic heterocycles. The van der Waals surface area contributed by atoms with Crippen molar-refractivity contribution in [1.29, 1.82) is 0 Å². The molecule has 2 fully saturated rings. The van der Waals surface area contributed by atoms with E-state index < -0.39 is 5.97 Å². The molecule has 2 N–H and O–H groups in total. The molecule has 0 radical (unpaired) electrons. The van der Waals surface area contributed by atoms with Crippen molar-refractivity contribution in [3.05, 3.63) is 29.3 Å². The van der Waals surface area contributed by atoms with Gasteiger partial charge in [-0.1, -0.05) is 39.3 Å². The van der Waals surface area contributed by atoms with Crippen molar-refractivity contribution in [3.8, 4) is 5.75 Å². The molecule has 1 aliphatic heterocycles. The van der Waals surface area contributed by atoms with Crippen LogP contribution in [0.25, 0.3) is 0 Å². The van der Waals surface area contributed by atoms with Gasteiger partial charge in [-0.2, -0.15) is 0 Å². The van der Waals surface area contributed by atoms with Gasteiger partial charge in [0.1, 0.15) is 5.75 Å². The van der Waals surface area contributed by atoms with Gasteiger partial charge in [0, 0.05) is 24.2 Å². The first kappa shape index (κ1) is 23.0. The first-order valence-electron chi connectivity index (χ1n) is 11.3. The highest BCUT2D eigenvalue weighted by Gasteiger charge is 2.38. The molecular weight excluding hydrogens is 380 g/mol. The highest BCUT2D eigenvalue weighted by molar-refractivity contribution is 5.68. The Kier molecular flexibility index (Phi) is 7.43. The second-order valence-electron chi connectivity index (χ2n) is 9.97. The summed E-state index contributed by atoms with van der Waals surface area (Å²) in [5.41, 5.74) is 2.15. The molecule has 6 nitrogen and oxygen atoms in total. The van der Waals surface area contributed by atoms with Gasteiger partial charge >= 0.3 is 5.97 Å². The maximum Gasteiger partial charge on any atom is 0.341 e. The molecule has 0 unspecified atom stereocenters. The summed E-state index contributed by atoms with van der Waals surface area (Å²) in [5, 5.41) is 20.2. The molecule has 30 heavy (non-hydrogen) atoms. The molecule has 168 valence electrons. The standard InChI is InChI=1S/C24H38N2O4/c1-24(2,3)18-10-11-21(30-16-22(27)28)17(14-18)15-25(4)19-8-7-9-20(23(19)29)26-12-5-6-13-26/h10-11,14,19-20,23,29H,5-9,12-13,15-16H2,1-4H3,(H,27,28)/t19-,20-,23-/m1/s1. The van der Waals surface area contributed by atoms with Crippen molar-refractivity contribution in [2.24, 2.45) is 0 Å². The van der Waals surface area contributed by atoms with Gasteiger partial charge < -0.3 is 14.9 Å². The number of benzene rings is 1. The van der Waals surface area contributed by atoms with E-state index in [1.165, 1.54) is 18.4 Å². The fourth-order valence-corrected chi connectivity index (χ4v) is 4.92. The number of aliphatic hydroxyl groups is 1. The number of carbonyl (C=O) groups is 1. The second kappa shape index (κ2) is 9.67. The molecule has 0 bridgehead atoms. The number of carboxylic acids is 1. The van der Waals surface area contributed by atoms with E-state index in [-0.39, 0.29) is 30.2 Å². The van der Waals surface area contributed by atoms with Crippen molar-refractivity contribution in [3.63, 3.8) is 0 Å². The monoisotopic (exact) mass is 418 g/mol. The number of nitrogens with zero attached hydrogens (tertiary/aromatic N) is 2. The van der Waals surface area contributed by atoms with E-state index in [2.05, 4.69) is 43.7 Å². The molecule has 0 amide bonds. The van der Waals surface area contributed by atoms with E-state index in [0.717, 1.165) is 37.9 Å². The van der Waals surface area contributed by atoms with Gasteiger partial charge in [-0.05, 0) is 62.9 Å². The highest BCUT2D eigenvalue weighted by atomic mass is 16.5. The zero-order valence-electron chi connectivity index (χ0n) is 18.9. The van der Waals surface area contributed by atoms with Crippen molar-refractivity contribution in [2.45, 2.75) is 83.0 Å². The van der Waals surface area contributed by atoms with Crippen LogP contribution in [-0.4, -0.2) is 70.9 Å². The van der Waals surface area contributed by atoms with Gasteiger partial charge in [0.05, 0.1) is 6.10 Å². The van der Waals surface area contributed by atoms with E-state index in [1.54, 1.807) is 0 Å². The summed E-state index contributed by atoms with van der Waals surface area (Å²) in [6, 6.07) is 6.37. The van der Waals surface area contributed by atoms with Crippen LogP contribution < -0.4 is 4.74 Å². The molecule has 1 heterocycles. The second-order valence-corrected chi connectivity index (χ2v) is 9.97. The average molecular weight is 419 g/mol. The molecule has 2 aliphatic rings. The van der Waals surface area contributed by atoms with Crippen LogP contribution in [-0.2, 0) is 16.8 Å². The molecule has 1 saturated carbocycles. The maximum atomic E-state index is 11.2. The van der Waals surface area contributed by atoms with Crippen molar-refractivity contribution in [1.82, 2.24) is 9.80 Å². The molecule has 1 aromatic rings. The smallest absolute Gasteiger partial charge is 0.341 e. The Labute approximate surface area is 180 Å². The number of carboxylic acid groups (broad SMARTS) is 1. The first-order valence-corrected chi connectivity index (χ1v) is 11.3. The number of likely N-dealkylation sites (N-methyl/N-ethyl adjacent to an activating group) is 1. The van der Waals surface area contributed by atoms with Crippen molar-refractivity contribution in [2.75, 3.05) is 26.7 Å². The van der Waals surface area contributed by atoms with Gasteiger partial charge in [0.15, 0.2) is 6.61 Å². The van der Waals surface area contributed by atoms with Gasteiger partial charge in [-0.3, -0.25) is 9.80 Å². The van der Waals surface area contributed by atoms with Gasteiger partial charge in [0.2, 0.25) is 0 Å². The lowest BCUT2D eigenvalue weighted by atomic mass is 9.85. The highest BCUT2D eigenvalue weighted by Crippen LogP contribution is 2.32. The molecule has 6 heteroatoms. The quantitative estimate of drug-likeness (QED) is 0.708. The van der Waals surface area contributed by atoms with Gasteiger partial charge in [-0.25, -0.2) is 4.79 Å². The third kappa shape index (κ3) is 5.54. The van der Waals surface area contributed by atoms with Crippen LogP contribution in [0.1, 0.15) is 64.0 Å². The Morgan fingerprint density at radius 1 is 1.20 bits per heavy atom. The molecular formula is C24H38N2O4. The topological polar surface area (TPSA) is 73.2 Å². The minimum absolute atomic E-state index is 0.0101. The number of aliphatic carboxylic acids is 1. The van der Waals surface area contributed by atoms with Gasteiger partial charge in [-0.15, -0.1) is 0 Å². The summed E-state index contributed by atoms with van der Waals surface area (Å²) < 4.78 is 5.59. The largest absolute Gasteiger partial charge is 0.482 e. The SMILES string of the molecule is CN(Cc1cc(C(C)(C)C)ccc1OCC(=O)O)[C@@H]1CCC[C@@H](N2CCCC2)[C@@H]1O. The van der Waals surface area contributed by atoms with Crippen LogP contribution in [0.5, 0.6) is 5.75 Å². The van der Waals surface area contributed by atoms with E-state index in [4.69, 9.17) is 9.84 Å². The lowest BCUT2D eigenvalue weighted by Crippen LogP contribution is -2.55. The summed E-state index contributed by atoms with van der Waals surface area (Å²) in [6.07, 6.45) is 5.26. The minimum Gasteiger partial charge on any atom is -0.482 e. The zero-order chi connectivity index (χ0) is 21.9. The average Bonchev–Trinajstić information content (AvgIpc) is 3.20. The third-order valence-electron chi connectivity index (χ3n) is 6.66. The maximum absolute atomic E-state index is 11.2. The Balaban J connectivity index is 1.77. The number of ether oxygens (including phenoxy) is 1. The summed E-state index contributed by atoms with van der Waals surface area (Å²) in [6.45, 7) is 8.96. The summed E-state index contributed by atoms with van der Waals surface area (Å²) in [5.74, 6) is -0.371. The first-order chi connectivity index (χ1) is 14.2. The van der Waals surface area contributed by atoms with Crippen LogP contribution in [0.2, 0.25) is 0 Å². The third-order valence-corrected chi connectivity index (χ3v) is 6.66. The van der Waals surface area contributed by atoms with E-state index in [1.807, 2.05) is 12.1 Å². The van der Waals surface area contributed by atoms with Crippen LogP contribution in [0.15, 0.2) is 18.2 Å². The molecule has 3 rings (SSSR count). The molecule has 1 saturated heterocycles. The van der Waals surface area contributed by atoms with Crippen LogP contribution in [0.3, 0.4) is 0 Å². The molecule has 1 aliphatic carbocycles. The number of aliphatic hydroxyl groups excluding tert-OH is 1. The number of likely N-dealkylation sites (tertiary alicyclic amines) is 1. The normalized spacial score (nSPS) is 25.6. The minimum atomic E-state index is -0.981. The van der Waals surface area contributed by atoms with Crippen molar-refractivity contribution >= 4 is 5.97 Å². The van der Waals surface area contributed by atoms with Crippen LogP contribution >= 0.6 is 0 Å². The summed E-state index contributed by atoms with van der Waals surface area (Å²) in [7, 11) is 2.06. The Morgan fingerprint density at radius 3 is 2.53 bits per heavy atom. The Hall–Kier alpha value is -1.63. The fraction of sp³-hybridized carbons (Fsp3) is 0.708. The fourth-order valence-electron chi connectivity index (χ4n) is 4.92. The number of hydrogen-bond acceptors (Lipinski definition) is 5. The Bertz CT molecular complexity index is 724. The lowest BCUT2D eigenvalue weighted by molar-refractivity contribution is -0.139. The molecule has 1 aromatic carbocycles. The van der Waals surface area contributed by atoms with Gasteiger partial charge in [0.25, 0.3) is 0 Å². The number of hydrogen-bond donors (Lipinski definition) is 2. The van der Waals surface area contributed by atoms with E-state index in [0.29, 0.717) is 12.3 Å².